The zero-order chi connectivity index (χ0) is 13.3. The molecule has 0 heterocycles. The molecule has 1 N–H and O–H groups in total. The smallest absolute Gasteiger partial charge is 0.261 e. The lowest BCUT2D eigenvalue weighted by atomic mass is 10.1. The minimum Gasteiger partial charge on any atom is -0.508 e. The summed E-state index contributed by atoms with van der Waals surface area (Å²) in [7, 11) is 1.43. The van der Waals surface area contributed by atoms with E-state index < -0.39 is 9.05 Å². The Morgan fingerprint density at radius 2 is 1.78 bits per heavy atom. The van der Waals surface area contributed by atoms with Crippen LogP contribution in [0.1, 0.15) is 0 Å². The number of aromatic hydroxyl groups is 1. The first-order valence-electron chi connectivity index (χ1n) is 4.91. The number of phenols is 1. The fraction of sp³-hybridized carbons (Fsp3) is 0. The van der Waals surface area contributed by atoms with Crippen molar-refractivity contribution < 1.29 is 13.5 Å². The lowest BCUT2D eigenvalue weighted by molar-refractivity contribution is 0.475. The van der Waals surface area contributed by atoms with E-state index in [1.807, 2.05) is 0 Å². The Morgan fingerprint density at radius 3 is 2.33 bits per heavy atom. The highest BCUT2D eigenvalue weighted by Crippen LogP contribution is 2.32. The summed E-state index contributed by atoms with van der Waals surface area (Å²) in [6, 6.07) is 10.7. The molecular weight excluding hydrogens is 295 g/mol. The maximum atomic E-state index is 11.2. The minimum absolute atomic E-state index is 0.0573. The summed E-state index contributed by atoms with van der Waals surface area (Å²) in [6.07, 6.45) is 0. The van der Waals surface area contributed by atoms with Gasteiger partial charge in [-0.05, 0) is 29.8 Å². The van der Waals surface area contributed by atoms with Gasteiger partial charge in [-0.3, -0.25) is 0 Å². The second-order valence-corrected chi connectivity index (χ2v) is 6.60. The average molecular weight is 303 g/mol. The van der Waals surface area contributed by atoms with Gasteiger partial charge < -0.3 is 5.11 Å². The topological polar surface area (TPSA) is 54.4 Å². The zero-order valence-corrected chi connectivity index (χ0v) is 11.3. The van der Waals surface area contributed by atoms with Gasteiger partial charge in [-0.1, -0.05) is 29.8 Å². The molecule has 2 aromatic carbocycles. The van der Waals surface area contributed by atoms with Crippen LogP contribution in [-0.2, 0) is 9.05 Å². The van der Waals surface area contributed by atoms with Crippen molar-refractivity contribution in [2.24, 2.45) is 0 Å². The largest absolute Gasteiger partial charge is 0.508 e. The van der Waals surface area contributed by atoms with Crippen LogP contribution < -0.4 is 0 Å². The van der Waals surface area contributed by atoms with Crippen LogP contribution >= 0.6 is 22.3 Å². The van der Waals surface area contributed by atoms with E-state index in [1.165, 1.54) is 24.3 Å². The summed E-state index contributed by atoms with van der Waals surface area (Å²) in [4.78, 5) is -0.0573. The highest BCUT2D eigenvalue weighted by atomic mass is 35.7. The molecule has 3 nitrogen and oxygen atoms in total. The van der Waals surface area contributed by atoms with Gasteiger partial charge in [0.05, 0.1) is 4.90 Å². The number of phenolic OH excluding ortho intramolecular Hbond substituents is 1. The van der Waals surface area contributed by atoms with Crippen LogP contribution in [0, 0.1) is 0 Å². The molecule has 0 radical (unpaired) electrons. The quantitative estimate of drug-likeness (QED) is 0.862. The van der Waals surface area contributed by atoms with Crippen LogP contribution in [0.2, 0.25) is 5.02 Å². The highest BCUT2D eigenvalue weighted by Gasteiger charge is 2.13. The molecule has 0 saturated carbocycles. The SMILES string of the molecule is O=S(=O)(Cl)c1ccc(-c2cccc(O)c2)c(Cl)c1. The number of hydrogen-bond donors (Lipinski definition) is 1. The Hall–Kier alpha value is -1.23. The highest BCUT2D eigenvalue weighted by molar-refractivity contribution is 8.13. The standard InChI is InChI=1S/C12H8Cl2O3S/c13-12-7-10(18(14,16)17)4-5-11(12)8-2-1-3-9(15)6-8/h1-7,15H. The number of hydrogen-bond acceptors (Lipinski definition) is 3. The maximum Gasteiger partial charge on any atom is 0.261 e. The fourth-order valence-corrected chi connectivity index (χ4v) is 2.69. The fourth-order valence-electron chi connectivity index (χ4n) is 1.56. The lowest BCUT2D eigenvalue weighted by Gasteiger charge is -2.06. The third-order valence-corrected chi connectivity index (χ3v) is 4.04. The molecule has 0 amide bonds. The normalized spacial score (nSPS) is 11.4. The van der Waals surface area contributed by atoms with Crippen molar-refractivity contribution in [3.63, 3.8) is 0 Å². The predicted octanol–water partition coefficient (Wildman–Crippen LogP) is 3.64. The van der Waals surface area contributed by atoms with Crippen molar-refractivity contribution in [1.29, 1.82) is 0 Å². The number of halogens is 2. The Kier molecular flexibility index (Phi) is 3.52. The molecule has 2 rings (SSSR count). The first-order valence-corrected chi connectivity index (χ1v) is 7.60. The van der Waals surface area contributed by atoms with Crippen molar-refractivity contribution in [2.45, 2.75) is 4.90 Å². The van der Waals surface area contributed by atoms with Crippen LogP contribution in [-0.4, -0.2) is 13.5 Å². The van der Waals surface area contributed by atoms with Gasteiger partial charge in [0, 0.05) is 21.3 Å². The van der Waals surface area contributed by atoms with Gasteiger partial charge in [0.1, 0.15) is 5.75 Å². The molecule has 0 aromatic heterocycles. The summed E-state index contributed by atoms with van der Waals surface area (Å²) in [5, 5.41) is 9.64. The molecule has 0 aliphatic heterocycles. The summed E-state index contributed by atoms with van der Waals surface area (Å²) in [6.45, 7) is 0. The predicted molar refractivity (Wildman–Crippen MR) is 71.6 cm³/mol. The molecule has 18 heavy (non-hydrogen) atoms. The van der Waals surface area contributed by atoms with Crippen LogP contribution in [0.3, 0.4) is 0 Å². The maximum absolute atomic E-state index is 11.2. The van der Waals surface area contributed by atoms with E-state index in [1.54, 1.807) is 18.2 Å². The van der Waals surface area contributed by atoms with Gasteiger partial charge in [0.15, 0.2) is 0 Å². The van der Waals surface area contributed by atoms with Gasteiger partial charge >= 0.3 is 0 Å². The van der Waals surface area contributed by atoms with Crippen LogP contribution in [0.25, 0.3) is 11.1 Å². The van der Waals surface area contributed by atoms with Crippen molar-refractivity contribution in [1.82, 2.24) is 0 Å². The van der Waals surface area contributed by atoms with E-state index in [4.69, 9.17) is 22.3 Å². The monoisotopic (exact) mass is 302 g/mol. The molecule has 0 saturated heterocycles. The molecule has 0 unspecified atom stereocenters. The first-order chi connectivity index (χ1) is 8.38. The molecule has 0 fully saturated rings. The van der Waals surface area contributed by atoms with Gasteiger partial charge in [-0.25, -0.2) is 8.42 Å². The third kappa shape index (κ3) is 2.77. The summed E-state index contributed by atoms with van der Waals surface area (Å²) < 4.78 is 22.3. The van der Waals surface area contributed by atoms with Gasteiger partial charge in [0.2, 0.25) is 0 Å². The first kappa shape index (κ1) is 13.2. The van der Waals surface area contributed by atoms with E-state index in [2.05, 4.69) is 0 Å². The molecule has 6 heteroatoms. The molecular formula is C12H8Cl2O3S. The van der Waals surface area contributed by atoms with Crippen molar-refractivity contribution in [2.75, 3.05) is 0 Å². The molecule has 0 bridgehead atoms. The zero-order valence-electron chi connectivity index (χ0n) is 8.97. The Balaban J connectivity index is 2.55. The van der Waals surface area contributed by atoms with E-state index in [0.29, 0.717) is 11.1 Å². The second-order valence-electron chi connectivity index (χ2n) is 3.63. The lowest BCUT2D eigenvalue weighted by Crippen LogP contribution is -1.91. The van der Waals surface area contributed by atoms with Crippen LogP contribution in [0.5, 0.6) is 5.75 Å². The molecule has 2 aromatic rings. The second kappa shape index (κ2) is 4.80. The van der Waals surface area contributed by atoms with Crippen molar-refractivity contribution in [3.05, 3.63) is 47.5 Å². The Morgan fingerprint density at radius 1 is 1.06 bits per heavy atom. The Labute approximate surface area is 114 Å². The minimum atomic E-state index is -3.79. The summed E-state index contributed by atoms with van der Waals surface area (Å²) >= 11 is 6.02. The van der Waals surface area contributed by atoms with Crippen LogP contribution in [0.4, 0.5) is 0 Å². The molecule has 0 spiro atoms. The molecule has 0 aliphatic rings. The average Bonchev–Trinajstić information content (AvgIpc) is 2.27. The summed E-state index contributed by atoms with van der Waals surface area (Å²) in [5.74, 6) is 0.109. The molecule has 94 valence electrons. The molecule has 0 aliphatic carbocycles. The number of rotatable bonds is 2. The van der Waals surface area contributed by atoms with E-state index in [0.717, 1.165) is 0 Å². The van der Waals surface area contributed by atoms with Gasteiger partial charge in [-0.15, -0.1) is 0 Å². The summed E-state index contributed by atoms with van der Waals surface area (Å²) in [5.41, 5.74) is 1.31. The van der Waals surface area contributed by atoms with Crippen molar-refractivity contribution >= 4 is 31.3 Å². The van der Waals surface area contributed by atoms with Gasteiger partial charge in [0.25, 0.3) is 9.05 Å². The Bertz CT molecular complexity index is 696. The van der Waals surface area contributed by atoms with E-state index >= 15 is 0 Å². The third-order valence-electron chi connectivity index (χ3n) is 2.38. The number of benzene rings is 2. The van der Waals surface area contributed by atoms with E-state index in [-0.39, 0.29) is 15.7 Å². The van der Waals surface area contributed by atoms with Crippen molar-refractivity contribution in [3.8, 4) is 16.9 Å². The van der Waals surface area contributed by atoms with E-state index in [9.17, 15) is 13.5 Å². The van der Waals surface area contributed by atoms with Crippen LogP contribution in [0.15, 0.2) is 47.4 Å². The van der Waals surface area contributed by atoms with Gasteiger partial charge in [-0.2, -0.15) is 0 Å². The molecule has 0 atom stereocenters.